The number of rotatable bonds is 4. The predicted octanol–water partition coefficient (Wildman–Crippen LogP) is 0.893. The number of hydrogen-bond donors (Lipinski definition) is 2. The Hall–Kier alpha value is -1.03. The van der Waals surface area contributed by atoms with E-state index in [0.29, 0.717) is 5.56 Å². The molecule has 0 unspecified atom stereocenters. The van der Waals surface area contributed by atoms with E-state index in [-0.39, 0.29) is 15.9 Å². The number of sulfonamides is 1. The summed E-state index contributed by atoms with van der Waals surface area (Å²) in [5.41, 5.74) is 2.01. The van der Waals surface area contributed by atoms with Gasteiger partial charge in [0.1, 0.15) is 9.72 Å². The summed E-state index contributed by atoms with van der Waals surface area (Å²) in [7, 11) is -3.61. The van der Waals surface area contributed by atoms with Crippen LogP contribution in [0.3, 0.4) is 0 Å². The van der Waals surface area contributed by atoms with E-state index in [1.165, 1.54) is 11.6 Å². The Morgan fingerprint density at radius 1 is 1.44 bits per heavy atom. The van der Waals surface area contributed by atoms with E-state index in [9.17, 15) is 8.42 Å². The lowest BCUT2D eigenvalue weighted by Crippen LogP contribution is -2.11. The number of aliphatic hydroxyl groups is 1. The van der Waals surface area contributed by atoms with Crippen LogP contribution in [0.1, 0.15) is 5.56 Å². The van der Waals surface area contributed by atoms with Gasteiger partial charge in [0.05, 0.1) is 6.61 Å². The second-order valence-electron chi connectivity index (χ2n) is 2.78. The van der Waals surface area contributed by atoms with Gasteiger partial charge in [0.25, 0.3) is 10.0 Å². The number of aromatic nitrogens is 2. The van der Waals surface area contributed by atoms with Gasteiger partial charge in [-0.3, -0.25) is 4.72 Å². The molecule has 86 valence electrons. The Kier molecular flexibility index (Phi) is 3.19. The largest absolute Gasteiger partial charge is 0.392 e. The zero-order chi connectivity index (χ0) is 11.6. The van der Waals surface area contributed by atoms with E-state index in [2.05, 4.69) is 14.9 Å². The third-order valence-electron chi connectivity index (χ3n) is 1.66. The third-order valence-corrected chi connectivity index (χ3v) is 5.22. The van der Waals surface area contributed by atoms with Crippen molar-refractivity contribution >= 4 is 37.8 Å². The van der Waals surface area contributed by atoms with Gasteiger partial charge >= 0.3 is 0 Å². The van der Waals surface area contributed by atoms with Crippen molar-refractivity contribution in [3.05, 3.63) is 22.5 Å². The minimum atomic E-state index is -3.61. The molecule has 2 rings (SSSR count). The highest BCUT2D eigenvalue weighted by atomic mass is 32.2. The topological polar surface area (TPSA) is 92.2 Å². The molecule has 0 radical (unpaired) electrons. The smallest absolute Gasteiger partial charge is 0.273 e. The quantitative estimate of drug-likeness (QED) is 0.866. The maximum absolute atomic E-state index is 11.8. The summed E-state index contributed by atoms with van der Waals surface area (Å²) in [5, 5.41) is 17.8. The molecule has 0 saturated heterocycles. The van der Waals surface area contributed by atoms with Gasteiger partial charge in [0, 0.05) is 0 Å². The maximum Gasteiger partial charge on any atom is 0.273 e. The second-order valence-corrected chi connectivity index (χ2v) is 6.44. The minimum absolute atomic E-state index is 0.145. The molecule has 6 nitrogen and oxygen atoms in total. The molecule has 0 aliphatic heterocycles. The molecule has 0 fully saturated rings. The van der Waals surface area contributed by atoms with Crippen LogP contribution >= 0.6 is 22.7 Å². The molecule has 0 amide bonds. The summed E-state index contributed by atoms with van der Waals surface area (Å²) in [4.78, 5) is 0. The SMILES string of the molecule is O=S(=O)(Nc1nncs1)c1cc(CO)cs1. The molecule has 2 heterocycles. The van der Waals surface area contributed by atoms with Gasteiger partial charge in [-0.1, -0.05) is 11.3 Å². The van der Waals surface area contributed by atoms with Gasteiger partial charge in [0.15, 0.2) is 0 Å². The molecule has 0 saturated carbocycles. The van der Waals surface area contributed by atoms with Crippen molar-refractivity contribution in [2.45, 2.75) is 10.8 Å². The zero-order valence-electron chi connectivity index (χ0n) is 7.82. The monoisotopic (exact) mass is 277 g/mol. The molecule has 9 heteroatoms. The molecule has 0 spiro atoms. The first-order chi connectivity index (χ1) is 7.62. The molecule has 0 atom stereocenters. The van der Waals surface area contributed by atoms with Crippen molar-refractivity contribution in [1.29, 1.82) is 0 Å². The molecule has 0 bridgehead atoms. The van der Waals surface area contributed by atoms with Crippen molar-refractivity contribution in [2.75, 3.05) is 4.72 Å². The number of anilines is 1. The van der Waals surface area contributed by atoms with Gasteiger partial charge in [-0.25, -0.2) is 8.42 Å². The Labute approximate surface area is 99.6 Å². The van der Waals surface area contributed by atoms with Crippen molar-refractivity contribution in [3.63, 3.8) is 0 Å². The molecule has 0 aliphatic rings. The Balaban J connectivity index is 2.25. The fourth-order valence-electron chi connectivity index (χ4n) is 0.960. The predicted molar refractivity (Wildman–Crippen MR) is 61.0 cm³/mol. The first-order valence-corrected chi connectivity index (χ1v) is 7.33. The van der Waals surface area contributed by atoms with Crippen LogP contribution in [-0.4, -0.2) is 23.7 Å². The maximum atomic E-state index is 11.8. The number of aliphatic hydroxyl groups excluding tert-OH is 1. The van der Waals surface area contributed by atoms with Crippen molar-refractivity contribution in [2.24, 2.45) is 0 Å². The number of nitrogens with zero attached hydrogens (tertiary/aromatic N) is 2. The Morgan fingerprint density at radius 3 is 2.81 bits per heavy atom. The van der Waals surface area contributed by atoms with E-state index >= 15 is 0 Å². The Bertz CT molecular complexity index is 561. The van der Waals surface area contributed by atoms with Crippen LogP contribution in [0.4, 0.5) is 5.13 Å². The van der Waals surface area contributed by atoms with Crippen molar-refractivity contribution < 1.29 is 13.5 Å². The second kappa shape index (κ2) is 4.45. The van der Waals surface area contributed by atoms with Crippen LogP contribution in [-0.2, 0) is 16.6 Å². The van der Waals surface area contributed by atoms with Gasteiger partial charge in [-0.15, -0.1) is 21.5 Å². The summed E-state index contributed by atoms with van der Waals surface area (Å²) >= 11 is 2.15. The standard InChI is InChI=1S/C7H7N3O3S3/c11-2-5-1-6(14-3-5)16(12,13)10-7-9-8-4-15-7/h1,3-4,11H,2H2,(H,9,10). The van der Waals surface area contributed by atoms with Gasteiger partial charge in [-0.2, -0.15) is 0 Å². The fourth-order valence-corrected chi connectivity index (χ4v) is 3.85. The van der Waals surface area contributed by atoms with Crippen LogP contribution in [0, 0.1) is 0 Å². The van der Waals surface area contributed by atoms with E-state index in [1.807, 2.05) is 0 Å². The van der Waals surface area contributed by atoms with Crippen LogP contribution < -0.4 is 4.72 Å². The van der Waals surface area contributed by atoms with Gasteiger partial charge < -0.3 is 5.11 Å². The molecular formula is C7H7N3O3S3. The summed E-state index contributed by atoms with van der Waals surface area (Å²) in [5.74, 6) is 0. The normalized spacial score (nSPS) is 11.6. The highest BCUT2D eigenvalue weighted by Crippen LogP contribution is 2.23. The molecular weight excluding hydrogens is 270 g/mol. The van der Waals surface area contributed by atoms with E-state index in [1.54, 1.807) is 5.38 Å². The highest BCUT2D eigenvalue weighted by molar-refractivity contribution is 7.94. The first-order valence-electron chi connectivity index (χ1n) is 4.09. The molecule has 16 heavy (non-hydrogen) atoms. The lowest BCUT2D eigenvalue weighted by atomic mass is 10.4. The molecule has 2 aromatic rings. The van der Waals surface area contributed by atoms with Crippen molar-refractivity contribution in [3.8, 4) is 0 Å². The van der Waals surface area contributed by atoms with Crippen molar-refractivity contribution in [1.82, 2.24) is 10.2 Å². The summed E-state index contributed by atoms with van der Waals surface area (Å²) in [6.45, 7) is -0.176. The van der Waals surface area contributed by atoms with Gasteiger partial charge in [0.2, 0.25) is 5.13 Å². The van der Waals surface area contributed by atoms with Crippen LogP contribution in [0.2, 0.25) is 0 Å². The average molecular weight is 277 g/mol. The summed E-state index contributed by atoms with van der Waals surface area (Å²) in [6.07, 6.45) is 0. The van der Waals surface area contributed by atoms with Crippen LogP contribution in [0.15, 0.2) is 21.2 Å². The van der Waals surface area contributed by atoms with E-state index in [4.69, 9.17) is 5.11 Å². The average Bonchev–Trinajstić information content (AvgIpc) is 2.85. The fraction of sp³-hybridized carbons (Fsp3) is 0.143. The molecule has 0 aromatic carbocycles. The van der Waals surface area contributed by atoms with Gasteiger partial charge in [-0.05, 0) is 17.0 Å². The molecule has 0 aliphatic carbocycles. The lowest BCUT2D eigenvalue weighted by molar-refractivity contribution is 0.282. The molecule has 2 aromatic heterocycles. The van der Waals surface area contributed by atoms with E-state index < -0.39 is 10.0 Å². The van der Waals surface area contributed by atoms with E-state index in [0.717, 1.165) is 22.7 Å². The van der Waals surface area contributed by atoms with Crippen LogP contribution in [0.25, 0.3) is 0 Å². The number of thiophene rings is 1. The summed E-state index contributed by atoms with van der Waals surface area (Å²) < 4.78 is 26.0. The summed E-state index contributed by atoms with van der Waals surface area (Å²) in [6, 6.07) is 1.42. The molecule has 2 N–H and O–H groups in total. The number of nitrogens with one attached hydrogen (secondary N) is 1. The minimum Gasteiger partial charge on any atom is -0.392 e. The Morgan fingerprint density at radius 2 is 2.25 bits per heavy atom. The third kappa shape index (κ3) is 2.38. The number of hydrogen-bond acceptors (Lipinski definition) is 7. The lowest BCUT2D eigenvalue weighted by Gasteiger charge is -2.00. The first kappa shape index (κ1) is 11.5. The van der Waals surface area contributed by atoms with Crippen LogP contribution in [0.5, 0.6) is 0 Å². The highest BCUT2D eigenvalue weighted by Gasteiger charge is 2.18. The zero-order valence-corrected chi connectivity index (χ0v) is 10.3.